The lowest BCUT2D eigenvalue weighted by atomic mass is 10.2. The van der Waals surface area contributed by atoms with Gasteiger partial charge >= 0.3 is 0 Å². The molecule has 6 nitrogen and oxygen atoms in total. The van der Waals surface area contributed by atoms with Crippen molar-refractivity contribution in [2.75, 3.05) is 13.7 Å². The van der Waals surface area contributed by atoms with Gasteiger partial charge in [-0.05, 0) is 64.8 Å². The normalized spacial score (nSPS) is 11.5. The lowest BCUT2D eigenvalue weighted by molar-refractivity contribution is 0.309. The van der Waals surface area contributed by atoms with Gasteiger partial charge in [-0.3, -0.25) is 0 Å². The highest BCUT2D eigenvalue weighted by Gasteiger charge is 2.13. The molecule has 0 saturated carbocycles. The molecule has 0 bridgehead atoms. The maximum atomic E-state index is 12.9. The molecule has 0 aliphatic rings. The first-order valence-corrected chi connectivity index (χ1v) is 9.45. The number of sulfonamides is 1. The SMILES string of the molecule is CCOc1c(Br)cc(/C=N/NS(=O)(=O)c2ccc(F)cc2)cc1OC. The standard InChI is InChI=1S/C16H16BrFN2O4S/c1-3-24-16-14(17)8-11(9-15(16)23-2)10-19-20-25(21,22)13-6-4-12(18)5-7-13/h4-10,20H,3H2,1-2H3/b19-10+. The van der Waals surface area contributed by atoms with Gasteiger partial charge in [-0.2, -0.15) is 13.5 Å². The second-order valence-electron chi connectivity index (χ2n) is 4.77. The third kappa shape index (κ3) is 4.93. The number of benzene rings is 2. The summed E-state index contributed by atoms with van der Waals surface area (Å²) in [6.07, 6.45) is 1.32. The average Bonchev–Trinajstić information content (AvgIpc) is 2.57. The van der Waals surface area contributed by atoms with Crippen LogP contribution in [0.2, 0.25) is 0 Å². The average molecular weight is 431 g/mol. The Morgan fingerprint density at radius 2 is 1.96 bits per heavy atom. The molecular formula is C16H16BrFN2O4S. The van der Waals surface area contributed by atoms with Gasteiger partial charge in [0.15, 0.2) is 11.5 Å². The van der Waals surface area contributed by atoms with E-state index in [-0.39, 0.29) is 4.90 Å². The first-order valence-electron chi connectivity index (χ1n) is 7.18. The zero-order valence-electron chi connectivity index (χ0n) is 13.5. The number of ether oxygens (including phenoxy) is 2. The highest BCUT2D eigenvalue weighted by Crippen LogP contribution is 2.36. The van der Waals surface area contributed by atoms with Crippen LogP contribution in [0.25, 0.3) is 0 Å². The van der Waals surface area contributed by atoms with E-state index in [1.807, 2.05) is 6.92 Å². The van der Waals surface area contributed by atoms with E-state index < -0.39 is 15.8 Å². The van der Waals surface area contributed by atoms with Crippen LogP contribution in [0.4, 0.5) is 4.39 Å². The summed E-state index contributed by atoms with van der Waals surface area (Å²) in [5.74, 6) is 0.516. The number of hydrogen-bond acceptors (Lipinski definition) is 5. The molecule has 0 fully saturated rings. The largest absolute Gasteiger partial charge is 0.493 e. The Morgan fingerprint density at radius 1 is 1.28 bits per heavy atom. The van der Waals surface area contributed by atoms with E-state index in [4.69, 9.17) is 9.47 Å². The minimum absolute atomic E-state index is 0.0866. The van der Waals surface area contributed by atoms with Crippen molar-refractivity contribution >= 4 is 32.2 Å². The Balaban J connectivity index is 2.19. The number of hydrogen-bond donors (Lipinski definition) is 1. The number of halogens is 2. The van der Waals surface area contributed by atoms with Crippen LogP contribution < -0.4 is 14.3 Å². The van der Waals surface area contributed by atoms with Crippen molar-refractivity contribution in [3.63, 3.8) is 0 Å². The van der Waals surface area contributed by atoms with Crippen LogP contribution in [0.15, 0.2) is 50.9 Å². The quantitative estimate of drug-likeness (QED) is 0.539. The smallest absolute Gasteiger partial charge is 0.276 e. The fourth-order valence-corrected chi connectivity index (χ4v) is 3.30. The second kappa shape index (κ2) is 8.30. The molecule has 0 spiro atoms. The molecule has 2 aromatic rings. The minimum atomic E-state index is -3.87. The van der Waals surface area contributed by atoms with Crippen LogP contribution in [0, 0.1) is 5.82 Å². The molecule has 0 atom stereocenters. The summed E-state index contributed by atoms with van der Waals surface area (Å²) in [7, 11) is -2.37. The third-order valence-corrected chi connectivity index (χ3v) is 4.88. The van der Waals surface area contributed by atoms with Crippen LogP contribution >= 0.6 is 15.9 Å². The maximum absolute atomic E-state index is 12.9. The number of methoxy groups -OCH3 is 1. The molecule has 134 valence electrons. The fraction of sp³-hybridized carbons (Fsp3) is 0.188. The summed E-state index contributed by atoms with van der Waals surface area (Å²) >= 11 is 3.37. The van der Waals surface area contributed by atoms with E-state index in [0.717, 1.165) is 24.3 Å². The molecule has 1 N–H and O–H groups in total. The monoisotopic (exact) mass is 430 g/mol. The van der Waals surface area contributed by atoms with Gasteiger partial charge in [-0.1, -0.05) is 0 Å². The summed E-state index contributed by atoms with van der Waals surface area (Å²) in [5.41, 5.74) is 0.592. The van der Waals surface area contributed by atoms with Crippen molar-refractivity contribution < 1.29 is 22.3 Å². The van der Waals surface area contributed by atoms with E-state index in [2.05, 4.69) is 25.9 Å². The van der Waals surface area contributed by atoms with Crippen LogP contribution in [0.1, 0.15) is 12.5 Å². The van der Waals surface area contributed by atoms with Gasteiger partial charge in [0.25, 0.3) is 10.0 Å². The molecule has 0 saturated heterocycles. The van der Waals surface area contributed by atoms with Crippen molar-refractivity contribution in [3.8, 4) is 11.5 Å². The van der Waals surface area contributed by atoms with Gasteiger partial charge in [-0.15, -0.1) is 0 Å². The third-order valence-electron chi connectivity index (χ3n) is 3.05. The molecule has 0 heterocycles. The molecule has 0 aliphatic carbocycles. The lowest BCUT2D eigenvalue weighted by Crippen LogP contribution is -2.18. The molecule has 2 rings (SSSR count). The summed E-state index contributed by atoms with van der Waals surface area (Å²) < 4.78 is 48.4. The highest BCUT2D eigenvalue weighted by molar-refractivity contribution is 9.10. The van der Waals surface area contributed by atoms with E-state index in [1.54, 1.807) is 12.1 Å². The molecule has 2 aromatic carbocycles. The van der Waals surface area contributed by atoms with E-state index >= 15 is 0 Å². The topological polar surface area (TPSA) is 77.0 Å². The van der Waals surface area contributed by atoms with Gasteiger partial charge in [0.1, 0.15) is 5.82 Å². The van der Waals surface area contributed by atoms with E-state index in [9.17, 15) is 12.8 Å². The van der Waals surface area contributed by atoms with Gasteiger partial charge in [0, 0.05) is 0 Å². The number of hydrazone groups is 1. The van der Waals surface area contributed by atoms with Crippen molar-refractivity contribution in [3.05, 3.63) is 52.3 Å². The van der Waals surface area contributed by atoms with Crippen LogP contribution in [-0.4, -0.2) is 28.3 Å². The molecule has 9 heteroatoms. The van der Waals surface area contributed by atoms with Crippen molar-refractivity contribution in [1.82, 2.24) is 4.83 Å². The van der Waals surface area contributed by atoms with Crippen molar-refractivity contribution in [2.24, 2.45) is 5.10 Å². The van der Waals surface area contributed by atoms with E-state index in [1.165, 1.54) is 13.3 Å². The molecule has 25 heavy (non-hydrogen) atoms. The van der Waals surface area contributed by atoms with Gasteiger partial charge < -0.3 is 9.47 Å². The lowest BCUT2D eigenvalue weighted by Gasteiger charge is -2.12. The number of nitrogens with one attached hydrogen (secondary N) is 1. The van der Waals surface area contributed by atoms with E-state index in [0.29, 0.717) is 28.1 Å². The summed E-state index contributed by atoms with van der Waals surface area (Å²) in [4.78, 5) is 1.99. The highest BCUT2D eigenvalue weighted by atomic mass is 79.9. The Morgan fingerprint density at radius 3 is 2.56 bits per heavy atom. The Labute approximate surface area is 153 Å². The van der Waals surface area contributed by atoms with Crippen LogP contribution in [0.3, 0.4) is 0 Å². The second-order valence-corrected chi connectivity index (χ2v) is 7.29. The molecule has 0 aromatic heterocycles. The Hall–Kier alpha value is -2.13. The van der Waals surface area contributed by atoms with Crippen molar-refractivity contribution in [2.45, 2.75) is 11.8 Å². The first kappa shape index (κ1) is 19.2. The Bertz CT molecular complexity index is 870. The molecule has 0 radical (unpaired) electrons. The van der Waals surface area contributed by atoms with Gasteiger partial charge in [-0.25, -0.2) is 9.22 Å². The summed E-state index contributed by atoms with van der Waals surface area (Å²) in [5, 5.41) is 3.73. The fourth-order valence-electron chi connectivity index (χ4n) is 1.94. The zero-order valence-corrected chi connectivity index (χ0v) is 15.9. The number of nitrogens with zero attached hydrogens (tertiary/aromatic N) is 1. The van der Waals surface area contributed by atoms with Crippen LogP contribution in [0.5, 0.6) is 11.5 Å². The van der Waals surface area contributed by atoms with Gasteiger partial charge in [0.05, 0.1) is 29.3 Å². The maximum Gasteiger partial charge on any atom is 0.276 e. The predicted octanol–water partition coefficient (Wildman–Crippen LogP) is 3.31. The van der Waals surface area contributed by atoms with Crippen molar-refractivity contribution in [1.29, 1.82) is 0 Å². The van der Waals surface area contributed by atoms with Crippen LogP contribution in [-0.2, 0) is 10.0 Å². The minimum Gasteiger partial charge on any atom is -0.493 e. The summed E-state index contributed by atoms with van der Waals surface area (Å²) in [6.45, 7) is 2.32. The molecule has 0 aliphatic heterocycles. The molecule has 0 unspecified atom stereocenters. The Kier molecular flexibility index (Phi) is 6.38. The van der Waals surface area contributed by atoms with Gasteiger partial charge in [0.2, 0.25) is 0 Å². The molecular weight excluding hydrogens is 415 g/mol. The number of rotatable bonds is 7. The predicted molar refractivity (Wildman–Crippen MR) is 96.2 cm³/mol. The first-order chi connectivity index (χ1) is 11.9. The summed E-state index contributed by atoms with van der Waals surface area (Å²) in [6, 6.07) is 7.81. The molecule has 0 amide bonds. The zero-order chi connectivity index (χ0) is 18.4.